The Morgan fingerprint density at radius 2 is 1.74 bits per heavy atom. The summed E-state index contributed by atoms with van der Waals surface area (Å²) in [7, 11) is 0. The summed E-state index contributed by atoms with van der Waals surface area (Å²) in [6.45, 7) is 10.5. The summed E-state index contributed by atoms with van der Waals surface area (Å²) < 4.78 is 0. The second-order valence-electron chi connectivity index (χ2n) is 4.84. The maximum Gasteiger partial charge on any atom is 0.203 e. The van der Waals surface area contributed by atoms with Gasteiger partial charge in [-0.3, -0.25) is 5.43 Å². The lowest BCUT2D eigenvalue weighted by Crippen LogP contribution is -1.99. The van der Waals surface area contributed by atoms with Gasteiger partial charge in [0, 0.05) is 10.9 Å². The highest BCUT2D eigenvalue weighted by Crippen LogP contribution is 2.20. The minimum Gasteiger partial charge on any atom is -0.253 e. The molecule has 1 heterocycles. The van der Waals surface area contributed by atoms with E-state index in [4.69, 9.17) is 0 Å². The van der Waals surface area contributed by atoms with Crippen molar-refractivity contribution < 1.29 is 0 Å². The zero-order chi connectivity index (χ0) is 14.0. The molecule has 1 N–H and O–H groups in total. The van der Waals surface area contributed by atoms with E-state index in [0.717, 1.165) is 10.8 Å². The normalized spacial score (nSPS) is 11.2. The van der Waals surface area contributed by atoms with Gasteiger partial charge in [0.25, 0.3) is 0 Å². The van der Waals surface area contributed by atoms with E-state index in [1.54, 1.807) is 11.3 Å². The number of hydrogen-bond donors (Lipinski definition) is 1. The minimum absolute atomic E-state index is 0.827. The Morgan fingerprint density at radius 3 is 2.26 bits per heavy atom. The maximum atomic E-state index is 4.32. The summed E-state index contributed by atoms with van der Waals surface area (Å²) >= 11 is 1.56. The molecule has 0 spiro atoms. The quantitative estimate of drug-likeness (QED) is 0.674. The molecule has 4 heteroatoms. The van der Waals surface area contributed by atoms with Crippen LogP contribution in [0, 0.1) is 34.6 Å². The Bertz CT molecular complexity index is 600. The number of aryl methyl sites for hydroxylation is 3. The predicted octanol–water partition coefficient (Wildman–Crippen LogP) is 4.13. The molecule has 2 rings (SSSR count). The van der Waals surface area contributed by atoms with Gasteiger partial charge in [-0.2, -0.15) is 5.10 Å². The highest BCUT2D eigenvalue weighted by molar-refractivity contribution is 7.13. The summed E-state index contributed by atoms with van der Waals surface area (Å²) in [6.07, 6.45) is 1.89. The number of hydrazone groups is 1. The van der Waals surface area contributed by atoms with Crippen LogP contribution in [0.1, 0.15) is 33.5 Å². The van der Waals surface area contributed by atoms with E-state index in [0.29, 0.717) is 0 Å². The van der Waals surface area contributed by atoms with E-state index >= 15 is 0 Å². The first-order chi connectivity index (χ1) is 8.99. The lowest BCUT2D eigenvalue weighted by atomic mass is 9.95. The molecule has 0 aliphatic carbocycles. The Labute approximate surface area is 118 Å². The molecule has 0 aliphatic heterocycles. The third-order valence-corrected chi connectivity index (χ3v) is 4.26. The molecule has 0 bridgehead atoms. The van der Waals surface area contributed by atoms with E-state index in [9.17, 15) is 0 Å². The van der Waals surface area contributed by atoms with E-state index in [-0.39, 0.29) is 0 Å². The van der Waals surface area contributed by atoms with Crippen LogP contribution < -0.4 is 5.43 Å². The summed E-state index contributed by atoms with van der Waals surface area (Å²) in [6, 6.07) is 2.22. The Balaban J connectivity index is 2.23. The highest BCUT2D eigenvalue weighted by atomic mass is 32.1. The monoisotopic (exact) mass is 273 g/mol. The molecule has 0 atom stereocenters. The first-order valence-corrected chi connectivity index (χ1v) is 7.15. The predicted molar refractivity (Wildman–Crippen MR) is 83.5 cm³/mol. The Kier molecular flexibility index (Phi) is 4.00. The fourth-order valence-electron chi connectivity index (χ4n) is 2.00. The van der Waals surface area contributed by atoms with Crippen LogP contribution in [0.5, 0.6) is 0 Å². The highest BCUT2D eigenvalue weighted by Gasteiger charge is 2.06. The van der Waals surface area contributed by atoms with Crippen LogP contribution in [-0.4, -0.2) is 11.2 Å². The molecule has 3 nitrogen and oxygen atoms in total. The molecule has 0 saturated carbocycles. The lowest BCUT2D eigenvalue weighted by Gasteiger charge is -2.11. The van der Waals surface area contributed by atoms with Gasteiger partial charge >= 0.3 is 0 Å². The average Bonchev–Trinajstić information content (AvgIpc) is 2.77. The van der Waals surface area contributed by atoms with Crippen molar-refractivity contribution in [2.45, 2.75) is 34.6 Å². The summed E-state index contributed by atoms with van der Waals surface area (Å²) in [5.74, 6) is 0. The summed E-state index contributed by atoms with van der Waals surface area (Å²) in [5.41, 5.74) is 10.4. The third kappa shape index (κ3) is 3.01. The molecule has 0 aliphatic rings. The van der Waals surface area contributed by atoms with Crippen LogP contribution in [0.3, 0.4) is 0 Å². The van der Waals surface area contributed by atoms with Gasteiger partial charge in [0.2, 0.25) is 5.13 Å². The van der Waals surface area contributed by atoms with Crippen LogP contribution in [-0.2, 0) is 0 Å². The molecule has 19 heavy (non-hydrogen) atoms. The number of nitrogens with one attached hydrogen (secondary N) is 1. The van der Waals surface area contributed by atoms with Crippen molar-refractivity contribution in [1.82, 2.24) is 4.98 Å². The van der Waals surface area contributed by atoms with Gasteiger partial charge in [-0.1, -0.05) is 6.07 Å². The van der Waals surface area contributed by atoms with Crippen molar-refractivity contribution in [2.75, 3.05) is 5.43 Å². The number of aromatic nitrogens is 1. The molecule has 0 saturated heterocycles. The summed E-state index contributed by atoms with van der Waals surface area (Å²) in [4.78, 5) is 4.32. The van der Waals surface area contributed by atoms with Crippen LogP contribution >= 0.6 is 11.3 Å². The first-order valence-electron chi connectivity index (χ1n) is 6.27. The molecule has 0 amide bonds. The average molecular weight is 273 g/mol. The number of hydrogen-bond acceptors (Lipinski definition) is 4. The zero-order valence-electron chi connectivity index (χ0n) is 12.0. The number of thiazole rings is 1. The molecule has 2 aromatic rings. The molecule has 100 valence electrons. The van der Waals surface area contributed by atoms with Crippen molar-refractivity contribution in [3.05, 3.63) is 45.0 Å². The van der Waals surface area contributed by atoms with Crippen molar-refractivity contribution in [1.29, 1.82) is 0 Å². The van der Waals surface area contributed by atoms with Crippen LogP contribution in [0.15, 0.2) is 16.5 Å². The molecule has 1 aromatic heterocycles. The number of benzene rings is 1. The number of anilines is 1. The number of rotatable bonds is 3. The molecular formula is C15H19N3S. The molecule has 0 fully saturated rings. The summed E-state index contributed by atoms with van der Waals surface area (Å²) in [5, 5.41) is 7.13. The van der Waals surface area contributed by atoms with Crippen molar-refractivity contribution in [2.24, 2.45) is 5.10 Å². The van der Waals surface area contributed by atoms with Crippen molar-refractivity contribution >= 4 is 22.7 Å². The fraction of sp³-hybridized carbons (Fsp3) is 0.333. The second-order valence-corrected chi connectivity index (χ2v) is 5.70. The minimum atomic E-state index is 0.827. The largest absolute Gasteiger partial charge is 0.253 e. The van der Waals surface area contributed by atoms with Gasteiger partial charge in [-0.15, -0.1) is 11.3 Å². The van der Waals surface area contributed by atoms with E-state index in [1.165, 1.54) is 27.8 Å². The van der Waals surface area contributed by atoms with Gasteiger partial charge in [0.05, 0.1) is 11.9 Å². The fourth-order valence-corrected chi connectivity index (χ4v) is 2.64. The van der Waals surface area contributed by atoms with Gasteiger partial charge in [-0.25, -0.2) is 4.98 Å². The van der Waals surface area contributed by atoms with E-state index in [1.807, 2.05) is 18.5 Å². The lowest BCUT2D eigenvalue weighted by molar-refractivity contribution is 1.21. The second kappa shape index (κ2) is 5.53. The van der Waals surface area contributed by atoms with Crippen molar-refractivity contribution in [3.63, 3.8) is 0 Å². The standard InChI is InChI=1S/C15H19N3S/c1-9-6-10(2)13(5)14(12(9)4)7-16-18-15-17-11(3)8-19-15/h6-8H,1-5H3,(H,17,18). The zero-order valence-corrected chi connectivity index (χ0v) is 12.9. The Hall–Kier alpha value is -1.68. The van der Waals surface area contributed by atoms with E-state index in [2.05, 4.69) is 49.3 Å². The van der Waals surface area contributed by atoms with Crippen LogP contribution in [0.4, 0.5) is 5.13 Å². The topological polar surface area (TPSA) is 37.3 Å². The van der Waals surface area contributed by atoms with Gasteiger partial charge in [0.1, 0.15) is 0 Å². The van der Waals surface area contributed by atoms with Crippen LogP contribution in [0.25, 0.3) is 0 Å². The smallest absolute Gasteiger partial charge is 0.203 e. The Morgan fingerprint density at radius 1 is 1.11 bits per heavy atom. The van der Waals surface area contributed by atoms with Gasteiger partial charge < -0.3 is 0 Å². The molecule has 0 unspecified atom stereocenters. The van der Waals surface area contributed by atoms with Crippen molar-refractivity contribution in [3.8, 4) is 0 Å². The SMILES string of the molecule is Cc1csc(NN=Cc2c(C)c(C)cc(C)c2C)n1. The number of nitrogens with zero attached hydrogens (tertiary/aromatic N) is 2. The molecule has 1 aromatic carbocycles. The van der Waals surface area contributed by atoms with Gasteiger partial charge in [0.15, 0.2) is 0 Å². The maximum absolute atomic E-state index is 4.32. The molecular weight excluding hydrogens is 254 g/mol. The third-order valence-electron chi connectivity index (χ3n) is 3.40. The van der Waals surface area contributed by atoms with E-state index < -0.39 is 0 Å². The first kappa shape index (κ1) is 13.7. The molecule has 0 radical (unpaired) electrons. The van der Waals surface area contributed by atoms with Gasteiger partial charge in [-0.05, 0) is 56.9 Å². The van der Waals surface area contributed by atoms with Crippen LogP contribution in [0.2, 0.25) is 0 Å².